The van der Waals surface area contributed by atoms with Gasteiger partial charge in [0.1, 0.15) is 0 Å². The second-order valence-electron chi connectivity index (χ2n) is 4.57. The smallest absolute Gasteiger partial charge is 0.303 e. The lowest BCUT2D eigenvalue weighted by Gasteiger charge is -2.27. The van der Waals surface area contributed by atoms with Gasteiger partial charge in [0.2, 0.25) is 5.91 Å². The quantitative estimate of drug-likeness (QED) is 0.813. The molecule has 1 rings (SSSR count). The first-order valence-corrected chi connectivity index (χ1v) is 6.22. The molecule has 0 fully saturated rings. The minimum atomic E-state index is -0.943. The number of nitrogens with two attached hydrogens (primary N) is 1. The van der Waals surface area contributed by atoms with Crippen LogP contribution in [-0.4, -0.2) is 35.0 Å². The normalized spacial score (nSPS) is 13.6. The fourth-order valence-electron chi connectivity index (χ4n) is 1.81. The highest BCUT2D eigenvalue weighted by molar-refractivity contribution is 5.82. The highest BCUT2D eigenvalue weighted by Gasteiger charge is 2.23. The van der Waals surface area contributed by atoms with Crippen molar-refractivity contribution in [2.24, 2.45) is 5.73 Å². The number of amides is 1. The molecule has 2 unspecified atom stereocenters. The van der Waals surface area contributed by atoms with Crippen LogP contribution in [0.15, 0.2) is 30.3 Å². The molecule has 0 radical (unpaired) electrons. The minimum absolute atomic E-state index is 0.0930. The van der Waals surface area contributed by atoms with E-state index in [0.29, 0.717) is 0 Å². The van der Waals surface area contributed by atoms with E-state index in [-0.39, 0.29) is 24.8 Å². The summed E-state index contributed by atoms with van der Waals surface area (Å²) in [5.74, 6) is -1.18. The Balaban J connectivity index is 2.63. The van der Waals surface area contributed by atoms with Crippen LogP contribution in [0.5, 0.6) is 0 Å². The zero-order valence-electron chi connectivity index (χ0n) is 11.2. The van der Waals surface area contributed by atoms with Gasteiger partial charge in [-0.2, -0.15) is 0 Å². The molecule has 5 nitrogen and oxygen atoms in total. The van der Waals surface area contributed by atoms with Crippen molar-refractivity contribution in [3.05, 3.63) is 35.9 Å². The van der Waals surface area contributed by atoms with Crippen molar-refractivity contribution in [2.45, 2.75) is 31.8 Å². The molecule has 1 amide bonds. The number of hydrogen-bond acceptors (Lipinski definition) is 3. The second kappa shape index (κ2) is 6.89. The molecule has 0 saturated carbocycles. The Morgan fingerprint density at radius 3 is 2.42 bits per heavy atom. The van der Waals surface area contributed by atoms with Crippen molar-refractivity contribution in [1.82, 2.24) is 4.90 Å². The van der Waals surface area contributed by atoms with Crippen LogP contribution in [0.3, 0.4) is 0 Å². The van der Waals surface area contributed by atoms with Crippen LogP contribution >= 0.6 is 0 Å². The van der Waals surface area contributed by atoms with E-state index in [0.717, 1.165) is 5.56 Å². The molecule has 0 aliphatic carbocycles. The van der Waals surface area contributed by atoms with Gasteiger partial charge in [-0.1, -0.05) is 30.3 Å². The van der Waals surface area contributed by atoms with Crippen molar-refractivity contribution in [1.29, 1.82) is 0 Å². The standard InChI is InChI=1S/C14H20N2O3/c1-10(11-6-4-3-5-7-11)16(2)14(19)12(15)8-9-13(17)18/h3-7,10,12H,8-9,15H2,1-2H3,(H,17,18). The van der Waals surface area contributed by atoms with Gasteiger partial charge in [0.25, 0.3) is 0 Å². The lowest BCUT2D eigenvalue weighted by Crippen LogP contribution is -2.43. The molecule has 19 heavy (non-hydrogen) atoms. The minimum Gasteiger partial charge on any atom is -0.481 e. The number of rotatable bonds is 6. The monoisotopic (exact) mass is 264 g/mol. The summed E-state index contributed by atoms with van der Waals surface area (Å²) < 4.78 is 0. The average molecular weight is 264 g/mol. The molecule has 1 aromatic carbocycles. The lowest BCUT2D eigenvalue weighted by atomic mass is 10.1. The van der Waals surface area contributed by atoms with Crippen LogP contribution in [-0.2, 0) is 9.59 Å². The van der Waals surface area contributed by atoms with Crippen LogP contribution in [0, 0.1) is 0 Å². The Labute approximate surface area is 113 Å². The summed E-state index contributed by atoms with van der Waals surface area (Å²) in [4.78, 5) is 24.1. The molecule has 5 heteroatoms. The fraction of sp³-hybridized carbons (Fsp3) is 0.429. The molecule has 0 saturated heterocycles. The summed E-state index contributed by atoms with van der Waals surface area (Å²) in [6.45, 7) is 1.91. The van der Waals surface area contributed by atoms with E-state index in [4.69, 9.17) is 10.8 Å². The summed E-state index contributed by atoms with van der Waals surface area (Å²) >= 11 is 0. The molecule has 1 aromatic rings. The van der Waals surface area contributed by atoms with Gasteiger partial charge in [0.15, 0.2) is 0 Å². The topological polar surface area (TPSA) is 83.6 Å². The molecule has 104 valence electrons. The number of likely N-dealkylation sites (N-methyl/N-ethyl adjacent to an activating group) is 1. The lowest BCUT2D eigenvalue weighted by molar-refractivity contribution is -0.137. The summed E-state index contributed by atoms with van der Waals surface area (Å²) in [5.41, 5.74) is 6.75. The van der Waals surface area contributed by atoms with Gasteiger partial charge in [-0.3, -0.25) is 9.59 Å². The van der Waals surface area contributed by atoms with Gasteiger partial charge >= 0.3 is 5.97 Å². The number of benzene rings is 1. The van der Waals surface area contributed by atoms with E-state index in [2.05, 4.69) is 0 Å². The molecule has 0 bridgehead atoms. The number of carbonyl (C=O) groups is 2. The summed E-state index contributed by atoms with van der Waals surface area (Å²) in [5, 5.41) is 8.59. The van der Waals surface area contributed by atoms with E-state index in [1.165, 1.54) is 0 Å². The molecular weight excluding hydrogens is 244 g/mol. The van der Waals surface area contributed by atoms with Crippen molar-refractivity contribution < 1.29 is 14.7 Å². The molecular formula is C14H20N2O3. The zero-order valence-corrected chi connectivity index (χ0v) is 11.2. The Bertz CT molecular complexity index is 434. The van der Waals surface area contributed by atoms with Crippen molar-refractivity contribution in [3.8, 4) is 0 Å². The van der Waals surface area contributed by atoms with Gasteiger partial charge < -0.3 is 15.7 Å². The second-order valence-corrected chi connectivity index (χ2v) is 4.57. The largest absolute Gasteiger partial charge is 0.481 e. The first kappa shape index (κ1) is 15.2. The number of carboxylic acids is 1. The summed E-state index contributed by atoms with van der Waals surface area (Å²) in [6, 6.07) is 8.76. The van der Waals surface area contributed by atoms with Crippen LogP contribution in [0.25, 0.3) is 0 Å². The average Bonchev–Trinajstić information content (AvgIpc) is 2.43. The van der Waals surface area contributed by atoms with Crippen LogP contribution < -0.4 is 5.73 Å². The van der Waals surface area contributed by atoms with Crippen molar-refractivity contribution in [3.63, 3.8) is 0 Å². The predicted molar refractivity (Wildman–Crippen MR) is 72.5 cm³/mol. The van der Waals surface area contributed by atoms with E-state index in [9.17, 15) is 9.59 Å². The van der Waals surface area contributed by atoms with Gasteiger partial charge in [-0.05, 0) is 18.9 Å². The van der Waals surface area contributed by atoms with E-state index in [1.54, 1.807) is 11.9 Å². The van der Waals surface area contributed by atoms with E-state index < -0.39 is 12.0 Å². The van der Waals surface area contributed by atoms with E-state index >= 15 is 0 Å². The third kappa shape index (κ3) is 4.37. The first-order chi connectivity index (χ1) is 8.93. The third-order valence-corrected chi connectivity index (χ3v) is 3.20. The maximum Gasteiger partial charge on any atom is 0.303 e. The molecule has 0 aromatic heterocycles. The highest BCUT2D eigenvalue weighted by atomic mass is 16.4. The van der Waals surface area contributed by atoms with E-state index in [1.807, 2.05) is 37.3 Å². The third-order valence-electron chi connectivity index (χ3n) is 3.20. The number of carboxylic acid groups (broad SMARTS) is 1. The Morgan fingerprint density at radius 2 is 1.89 bits per heavy atom. The Kier molecular flexibility index (Phi) is 5.51. The first-order valence-electron chi connectivity index (χ1n) is 6.22. The van der Waals surface area contributed by atoms with Crippen LogP contribution in [0.2, 0.25) is 0 Å². The molecule has 0 spiro atoms. The van der Waals surface area contributed by atoms with Crippen molar-refractivity contribution >= 4 is 11.9 Å². The Morgan fingerprint density at radius 1 is 1.32 bits per heavy atom. The molecule has 3 N–H and O–H groups in total. The van der Waals surface area contributed by atoms with Gasteiger partial charge in [0, 0.05) is 13.5 Å². The summed E-state index contributed by atoms with van der Waals surface area (Å²) in [7, 11) is 1.68. The molecule has 0 aliphatic heterocycles. The van der Waals surface area contributed by atoms with Crippen LogP contribution in [0.4, 0.5) is 0 Å². The zero-order chi connectivity index (χ0) is 14.4. The summed E-state index contributed by atoms with van der Waals surface area (Å²) in [6.07, 6.45) is 0.0560. The fourth-order valence-corrected chi connectivity index (χ4v) is 1.81. The highest BCUT2D eigenvalue weighted by Crippen LogP contribution is 2.19. The maximum atomic E-state index is 12.1. The number of hydrogen-bond donors (Lipinski definition) is 2. The SMILES string of the molecule is CC(c1ccccc1)N(C)C(=O)C(N)CCC(=O)O. The van der Waals surface area contributed by atoms with Gasteiger partial charge in [0.05, 0.1) is 12.1 Å². The molecule has 2 atom stereocenters. The maximum absolute atomic E-state index is 12.1. The predicted octanol–water partition coefficient (Wildman–Crippen LogP) is 1.40. The molecule has 0 aliphatic rings. The molecule has 0 heterocycles. The van der Waals surface area contributed by atoms with Gasteiger partial charge in [-0.15, -0.1) is 0 Å². The van der Waals surface area contributed by atoms with Crippen molar-refractivity contribution in [2.75, 3.05) is 7.05 Å². The number of aliphatic carboxylic acids is 1. The number of nitrogens with zero attached hydrogens (tertiary/aromatic N) is 1. The van der Waals surface area contributed by atoms with Crippen LogP contribution in [0.1, 0.15) is 31.4 Å². The Hall–Kier alpha value is -1.88. The van der Waals surface area contributed by atoms with Gasteiger partial charge in [-0.25, -0.2) is 0 Å². The number of carbonyl (C=O) groups excluding carboxylic acids is 1.